The molecule has 180 valence electrons. The normalized spacial score (nSPS) is 16.9. The molecule has 5 rings (SSSR count). The average Bonchev–Trinajstić information content (AvgIpc) is 3.62. The van der Waals surface area contributed by atoms with E-state index >= 15 is 0 Å². The molecule has 8 nitrogen and oxygen atoms in total. The summed E-state index contributed by atoms with van der Waals surface area (Å²) in [5.74, 6) is 0.372. The van der Waals surface area contributed by atoms with Crippen molar-refractivity contribution in [1.82, 2.24) is 9.80 Å². The molecule has 1 aliphatic heterocycles. The van der Waals surface area contributed by atoms with Gasteiger partial charge in [0, 0.05) is 35.2 Å². The van der Waals surface area contributed by atoms with Crippen LogP contribution < -0.4 is 4.74 Å². The van der Waals surface area contributed by atoms with Crippen molar-refractivity contribution in [3.8, 4) is 5.75 Å². The van der Waals surface area contributed by atoms with Crippen LogP contribution in [0.25, 0.3) is 0 Å². The zero-order chi connectivity index (χ0) is 24.5. The molecule has 9 heteroatoms. The van der Waals surface area contributed by atoms with Crippen molar-refractivity contribution in [2.75, 3.05) is 20.2 Å². The predicted molar refractivity (Wildman–Crippen MR) is 132 cm³/mol. The van der Waals surface area contributed by atoms with Crippen LogP contribution in [-0.2, 0) is 11.2 Å². The quantitative estimate of drug-likeness (QED) is 0.360. The number of rotatable bonds is 7. The lowest BCUT2D eigenvalue weighted by Gasteiger charge is -2.37. The van der Waals surface area contributed by atoms with Crippen LogP contribution in [0, 0.1) is 10.1 Å². The van der Waals surface area contributed by atoms with Gasteiger partial charge < -0.3 is 14.5 Å². The second-order valence-corrected chi connectivity index (χ2v) is 9.78. The van der Waals surface area contributed by atoms with E-state index in [0.29, 0.717) is 12.1 Å². The van der Waals surface area contributed by atoms with Crippen molar-refractivity contribution in [3.05, 3.63) is 91.7 Å². The molecule has 0 bridgehead atoms. The monoisotopic (exact) mass is 491 g/mol. The van der Waals surface area contributed by atoms with Gasteiger partial charge in [0.2, 0.25) is 5.91 Å². The van der Waals surface area contributed by atoms with Crippen LogP contribution >= 0.6 is 11.3 Å². The van der Waals surface area contributed by atoms with Crippen molar-refractivity contribution in [2.24, 2.45) is 0 Å². The van der Waals surface area contributed by atoms with E-state index in [9.17, 15) is 19.7 Å². The number of hydrogen-bond donors (Lipinski definition) is 0. The van der Waals surface area contributed by atoms with Gasteiger partial charge in [-0.15, -0.1) is 11.3 Å². The van der Waals surface area contributed by atoms with Gasteiger partial charge in [0.15, 0.2) is 0 Å². The summed E-state index contributed by atoms with van der Waals surface area (Å²) in [6.07, 6.45) is 2.48. The molecule has 2 heterocycles. The average molecular weight is 492 g/mol. The molecule has 1 aromatic heterocycles. The number of amides is 2. The van der Waals surface area contributed by atoms with Gasteiger partial charge in [0.1, 0.15) is 12.3 Å². The van der Waals surface area contributed by atoms with Crippen molar-refractivity contribution in [1.29, 1.82) is 0 Å². The molecule has 3 aromatic rings. The summed E-state index contributed by atoms with van der Waals surface area (Å²) >= 11 is 1.70. The van der Waals surface area contributed by atoms with Crippen LogP contribution in [0.4, 0.5) is 5.69 Å². The first-order chi connectivity index (χ1) is 17.0. The summed E-state index contributed by atoms with van der Waals surface area (Å²) in [5.41, 5.74) is 2.40. The lowest BCUT2D eigenvalue weighted by Crippen LogP contribution is -2.47. The second kappa shape index (κ2) is 9.50. The topological polar surface area (TPSA) is 93.0 Å². The van der Waals surface area contributed by atoms with Gasteiger partial charge in [-0.2, -0.15) is 0 Å². The van der Waals surface area contributed by atoms with E-state index in [2.05, 4.69) is 11.4 Å². The molecular weight excluding hydrogens is 466 g/mol. The molecular formula is C26H25N3O5S. The summed E-state index contributed by atoms with van der Waals surface area (Å²) in [6.45, 7) is 0.555. The molecule has 0 spiro atoms. The zero-order valence-corrected chi connectivity index (χ0v) is 20.1. The van der Waals surface area contributed by atoms with Crippen molar-refractivity contribution in [3.63, 3.8) is 0 Å². The first-order valence-corrected chi connectivity index (χ1v) is 12.4. The van der Waals surface area contributed by atoms with Crippen LogP contribution in [-0.4, -0.2) is 52.8 Å². The number of carbonyl (C=O) groups excluding carboxylic acids is 2. The third kappa shape index (κ3) is 4.64. The van der Waals surface area contributed by atoms with Crippen molar-refractivity contribution >= 4 is 28.8 Å². The number of hydrogen-bond acceptors (Lipinski definition) is 6. The number of nitrogens with zero attached hydrogens (tertiary/aromatic N) is 3. The molecule has 1 atom stereocenters. The summed E-state index contributed by atoms with van der Waals surface area (Å²) in [7, 11) is 1.62. The summed E-state index contributed by atoms with van der Waals surface area (Å²) < 4.78 is 5.30. The van der Waals surface area contributed by atoms with E-state index in [0.717, 1.165) is 36.1 Å². The van der Waals surface area contributed by atoms with E-state index < -0.39 is 4.92 Å². The Morgan fingerprint density at radius 2 is 1.83 bits per heavy atom. The molecule has 35 heavy (non-hydrogen) atoms. The standard InChI is InChI=1S/C26H25N3O5S/c1-34-21-10-4-17(5-11-21)25-22-13-15-35-23(22)12-14-27(25)24(30)16-28(19-8-9-19)26(31)18-2-6-20(7-3-18)29(32)33/h2-7,10-11,13,15,19,25H,8-9,12,14,16H2,1H3. The van der Waals surface area contributed by atoms with Gasteiger partial charge in [-0.3, -0.25) is 19.7 Å². The maximum atomic E-state index is 13.7. The Morgan fingerprint density at radius 3 is 2.46 bits per heavy atom. The lowest BCUT2D eigenvalue weighted by atomic mass is 9.93. The largest absolute Gasteiger partial charge is 0.497 e. The number of fused-ring (bicyclic) bond motifs is 1. The minimum Gasteiger partial charge on any atom is -0.497 e. The Labute approximate surface area is 206 Å². The molecule has 2 aromatic carbocycles. The maximum absolute atomic E-state index is 13.7. The smallest absolute Gasteiger partial charge is 0.269 e. The van der Waals surface area contributed by atoms with Gasteiger partial charge in [-0.05, 0) is 66.1 Å². The number of nitro groups is 1. The first kappa shape index (κ1) is 23.0. The van der Waals surface area contributed by atoms with E-state index in [1.807, 2.05) is 29.2 Å². The van der Waals surface area contributed by atoms with E-state index in [-0.39, 0.29) is 36.1 Å². The van der Waals surface area contributed by atoms with E-state index in [1.165, 1.54) is 29.1 Å². The Balaban J connectivity index is 1.40. The maximum Gasteiger partial charge on any atom is 0.269 e. The molecule has 2 amide bonds. The molecule has 1 fully saturated rings. The van der Waals surface area contributed by atoms with Gasteiger partial charge >= 0.3 is 0 Å². The van der Waals surface area contributed by atoms with Crippen molar-refractivity contribution in [2.45, 2.75) is 31.3 Å². The number of non-ortho nitro benzene ring substituents is 1. The van der Waals surface area contributed by atoms with Crippen LogP contribution in [0.2, 0.25) is 0 Å². The Bertz CT molecular complexity index is 1250. The van der Waals surface area contributed by atoms with Crippen LogP contribution in [0.1, 0.15) is 45.2 Å². The lowest BCUT2D eigenvalue weighted by molar-refractivity contribution is -0.384. The highest BCUT2D eigenvalue weighted by Gasteiger charge is 2.38. The molecule has 0 radical (unpaired) electrons. The number of thiophene rings is 1. The van der Waals surface area contributed by atoms with Crippen LogP contribution in [0.3, 0.4) is 0 Å². The third-order valence-electron chi connectivity index (χ3n) is 6.60. The number of benzene rings is 2. The van der Waals surface area contributed by atoms with Crippen LogP contribution in [0.5, 0.6) is 5.75 Å². The first-order valence-electron chi connectivity index (χ1n) is 11.5. The minimum atomic E-state index is -0.495. The zero-order valence-electron chi connectivity index (χ0n) is 19.3. The molecule has 0 N–H and O–H groups in total. The van der Waals surface area contributed by atoms with Gasteiger partial charge in [-0.1, -0.05) is 12.1 Å². The SMILES string of the molecule is COc1ccc(C2c3ccsc3CCN2C(=O)CN(C(=O)c2ccc([N+](=O)[O-])cc2)C2CC2)cc1. The summed E-state index contributed by atoms with van der Waals surface area (Å²) in [5, 5.41) is 13.0. The number of nitro benzene ring substituents is 1. The molecule has 0 saturated heterocycles. The highest BCUT2D eigenvalue weighted by molar-refractivity contribution is 7.10. The van der Waals surface area contributed by atoms with E-state index in [1.54, 1.807) is 23.3 Å². The highest BCUT2D eigenvalue weighted by Crippen LogP contribution is 2.39. The van der Waals surface area contributed by atoms with Gasteiger partial charge in [0.25, 0.3) is 11.6 Å². The predicted octanol–water partition coefficient (Wildman–Crippen LogP) is 4.44. The Hall–Kier alpha value is -3.72. The summed E-state index contributed by atoms with van der Waals surface area (Å²) in [6, 6.07) is 15.2. The summed E-state index contributed by atoms with van der Waals surface area (Å²) in [4.78, 5) is 42.2. The fraction of sp³-hybridized carbons (Fsp3) is 0.308. The van der Waals surface area contributed by atoms with Crippen molar-refractivity contribution < 1.29 is 19.2 Å². The fourth-order valence-electron chi connectivity index (χ4n) is 4.61. The van der Waals surface area contributed by atoms with Gasteiger partial charge in [-0.25, -0.2) is 0 Å². The number of carbonyl (C=O) groups is 2. The Morgan fingerprint density at radius 1 is 1.11 bits per heavy atom. The number of ether oxygens (including phenoxy) is 1. The van der Waals surface area contributed by atoms with Gasteiger partial charge in [0.05, 0.1) is 18.1 Å². The molecule has 1 saturated carbocycles. The van der Waals surface area contributed by atoms with E-state index in [4.69, 9.17) is 4.74 Å². The minimum absolute atomic E-state index is 0.0163. The number of methoxy groups -OCH3 is 1. The molecule has 2 aliphatic rings. The second-order valence-electron chi connectivity index (χ2n) is 8.78. The molecule has 1 unspecified atom stereocenters. The fourth-order valence-corrected chi connectivity index (χ4v) is 5.52. The highest BCUT2D eigenvalue weighted by atomic mass is 32.1. The third-order valence-corrected chi connectivity index (χ3v) is 7.59. The Kier molecular flexibility index (Phi) is 6.25. The van der Waals surface area contributed by atoms with Crippen LogP contribution in [0.15, 0.2) is 60.0 Å². The molecule has 1 aliphatic carbocycles.